The highest BCUT2D eigenvalue weighted by atomic mass is 32.2. The summed E-state index contributed by atoms with van der Waals surface area (Å²) >= 11 is 0. The Bertz CT molecular complexity index is 98.3. The lowest BCUT2D eigenvalue weighted by molar-refractivity contribution is 0.601. The van der Waals surface area contributed by atoms with Crippen molar-refractivity contribution in [2.75, 3.05) is 0 Å². The highest BCUT2D eigenvalue weighted by Gasteiger charge is 1.96. The van der Waals surface area contributed by atoms with Gasteiger partial charge in [-0.15, -0.1) is 0 Å². The van der Waals surface area contributed by atoms with Crippen LogP contribution < -0.4 is 0 Å². The van der Waals surface area contributed by atoms with Gasteiger partial charge in [-0.2, -0.15) is 0 Å². The van der Waals surface area contributed by atoms with Gasteiger partial charge in [0, 0.05) is 0 Å². The monoisotopic (exact) mass is 122 g/mol. The van der Waals surface area contributed by atoms with Gasteiger partial charge < -0.3 is 0 Å². The maximum atomic E-state index is 9.97. The molecule has 0 saturated carbocycles. The molecule has 0 aromatic heterocycles. The first kappa shape index (κ1) is 6.95. The van der Waals surface area contributed by atoms with Crippen LogP contribution in [0, 0.1) is 0 Å². The molecule has 0 aromatic carbocycles. The zero-order chi connectivity index (χ0) is 5.86. The number of thiol groups is 1. The first-order chi connectivity index (χ1) is 3.18. The smallest absolute Gasteiger partial charge is 0.142 e. The molecule has 0 amide bonds. The molecule has 0 heterocycles. The van der Waals surface area contributed by atoms with Crippen molar-refractivity contribution in [3.63, 3.8) is 0 Å². The molecule has 0 rings (SSSR count). The third kappa shape index (κ3) is 2.62. The van der Waals surface area contributed by atoms with Crippen LogP contribution in [0.5, 0.6) is 0 Å². The molecule has 0 saturated heterocycles. The van der Waals surface area contributed by atoms with Gasteiger partial charge in [0.1, 0.15) is 10.7 Å². The van der Waals surface area contributed by atoms with Crippen LogP contribution in [0.4, 0.5) is 0 Å². The molecule has 0 aliphatic rings. The van der Waals surface area contributed by atoms with Crippen molar-refractivity contribution >= 4 is 10.7 Å². The van der Waals surface area contributed by atoms with E-state index in [9.17, 15) is 8.42 Å². The van der Waals surface area contributed by atoms with Gasteiger partial charge >= 0.3 is 0 Å². The summed E-state index contributed by atoms with van der Waals surface area (Å²) in [5, 5.41) is -0.144. The van der Waals surface area contributed by atoms with Crippen LogP contribution >= 0.6 is 0 Å². The van der Waals surface area contributed by atoms with Crippen LogP contribution in [0.2, 0.25) is 0 Å². The Balaban J connectivity index is 3.57. The summed E-state index contributed by atoms with van der Waals surface area (Å²) in [6.45, 7) is 3.56. The first-order valence-corrected chi connectivity index (χ1v) is 3.56. The van der Waals surface area contributed by atoms with E-state index < -0.39 is 10.7 Å². The lowest BCUT2D eigenvalue weighted by Crippen LogP contribution is -1.99. The lowest BCUT2D eigenvalue weighted by atomic mass is 10.4. The van der Waals surface area contributed by atoms with Crippen molar-refractivity contribution in [1.82, 2.24) is 0 Å². The van der Waals surface area contributed by atoms with E-state index in [0.29, 0.717) is 0 Å². The predicted octanol–water partition coefficient (Wildman–Crippen LogP) is 0.396. The third-order valence-electron chi connectivity index (χ3n) is 0.951. The van der Waals surface area contributed by atoms with Crippen LogP contribution in [0.3, 0.4) is 0 Å². The fourth-order valence-corrected chi connectivity index (χ4v) is 0.447. The Morgan fingerprint density at radius 1 is 1.57 bits per heavy atom. The Morgan fingerprint density at radius 2 is 2.00 bits per heavy atom. The van der Waals surface area contributed by atoms with Gasteiger partial charge in [-0.3, -0.25) is 0 Å². The zero-order valence-corrected chi connectivity index (χ0v) is 5.44. The maximum Gasteiger partial charge on any atom is 0.142 e. The minimum Gasteiger partial charge on any atom is -0.232 e. The van der Waals surface area contributed by atoms with E-state index in [1.165, 1.54) is 0 Å². The van der Waals surface area contributed by atoms with E-state index >= 15 is 0 Å². The summed E-state index contributed by atoms with van der Waals surface area (Å²) in [5.74, 6) is 0. The molecule has 0 bridgehead atoms. The maximum absolute atomic E-state index is 9.97. The van der Waals surface area contributed by atoms with E-state index in [-0.39, 0.29) is 5.25 Å². The van der Waals surface area contributed by atoms with Crippen molar-refractivity contribution in [2.45, 2.75) is 25.5 Å². The number of hydrogen-bond donors (Lipinski definition) is 1. The van der Waals surface area contributed by atoms with E-state index in [2.05, 4.69) is 0 Å². The van der Waals surface area contributed by atoms with Gasteiger partial charge in [0.25, 0.3) is 0 Å². The molecule has 0 fully saturated rings. The molecule has 1 unspecified atom stereocenters. The molecule has 44 valence electrons. The Kier molecular flexibility index (Phi) is 3.00. The van der Waals surface area contributed by atoms with Gasteiger partial charge in [-0.1, -0.05) is 6.92 Å². The topological polar surface area (TPSA) is 34.1 Å². The quantitative estimate of drug-likeness (QED) is 0.538. The van der Waals surface area contributed by atoms with Gasteiger partial charge in [0.2, 0.25) is 0 Å². The van der Waals surface area contributed by atoms with Crippen LogP contribution in [0.1, 0.15) is 20.3 Å². The van der Waals surface area contributed by atoms with E-state index in [1.807, 2.05) is 6.92 Å². The minimum absolute atomic E-state index is 0.144. The second-order valence-electron chi connectivity index (χ2n) is 1.54. The molecule has 0 radical (unpaired) electrons. The first-order valence-electron chi connectivity index (χ1n) is 2.32. The highest BCUT2D eigenvalue weighted by molar-refractivity contribution is 7.73. The Hall–Kier alpha value is -0.0500. The zero-order valence-electron chi connectivity index (χ0n) is 4.55. The number of hydrogen-bond acceptors (Lipinski definition) is 2. The summed E-state index contributed by atoms with van der Waals surface area (Å²) in [6, 6.07) is 0. The van der Waals surface area contributed by atoms with Crippen molar-refractivity contribution in [1.29, 1.82) is 0 Å². The molecule has 7 heavy (non-hydrogen) atoms. The second-order valence-corrected chi connectivity index (χ2v) is 2.99. The molecule has 0 N–H and O–H groups in total. The molecular weight excluding hydrogens is 112 g/mol. The van der Waals surface area contributed by atoms with Gasteiger partial charge in [0.05, 0.1) is 5.25 Å². The number of rotatable bonds is 2. The van der Waals surface area contributed by atoms with Gasteiger partial charge in [-0.25, -0.2) is 8.42 Å². The van der Waals surface area contributed by atoms with Crippen LogP contribution in [-0.2, 0) is 10.7 Å². The standard InChI is InChI=1S/C4H10O2S/c1-3-4(2)7(5)6/h4,7H,3H2,1-2H3. The van der Waals surface area contributed by atoms with Crippen LogP contribution in [0.15, 0.2) is 0 Å². The van der Waals surface area contributed by atoms with Crippen molar-refractivity contribution in [3.8, 4) is 0 Å². The average molecular weight is 122 g/mol. The van der Waals surface area contributed by atoms with Crippen molar-refractivity contribution in [2.24, 2.45) is 0 Å². The summed E-state index contributed by atoms with van der Waals surface area (Å²) in [6.07, 6.45) is 0.721. The largest absolute Gasteiger partial charge is 0.232 e. The van der Waals surface area contributed by atoms with E-state index in [1.54, 1.807) is 6.92 Å². The normalized spacial score (nSPS) is 14.7. The molecular formula is C4H10O2S. The second kappa shape index (κ2) is 3.02. The van der Waals surface area contributed by atoms with E-state index in [4.69, 9.17) is 0 Å². The highest BCUT2D eigenvalue weighted by Crippen LogP contribution is 1.90. The van der Waals surface area contributed by atoms with Crippen molar-refractivity contribution in [3.05, 3.63) is 0 Å². The molecule has 0 spiro atoms. The molecule has 0 aliphatic heterocycles. The summed E-state index contributed by atoms with van der Waals surface area (Å²) in [4.78, 5) is 0. The lowest BCUT2D eigenvalue weighted by Gasteiger charge is -1.91. The van der Waals surface area contributed by atoms with Crippen LogP contribution in [-0.4, -0.2) is 13.7 Å². The van der Waals surface area contributed by atoms with E-state index in [0.717, 1.165) is 6.42 Å². The minimum atomic E-state index is -2.16. The SMILES string of the molecule is CCC(C)[SH](=O)=O. The molecule has 2 nitrogen and oxygen atoms in total. The molecule has 3 heteroatoms. The van der Waals surface area contributed by atoms with Crippen molar-refractivity contribution < 1.29 is 8.42 Å². The summed E-state index contributed by atoms with van der Waals surface area (Å²) in [5.41, 5.74) is 0. The summed E-state index contributed by atoms with van der Waals surface area (Å²) < 4.78 is 19.9. The molecule has 0 aliphatic carbocycles. The fourth-order valence-electron chi connectivity index (χ4n) is 0.149. The Morgan fingerprint density at radius 3 is 2.00 bits per heavy atom. The van der Waals surface area contributed by atoms with Gasteiger partial charge in [-0.05, 0) is 13.3 Å². The fraction of sp³-hybridized carbons (Fsp3) is 1.00. The Labute approximate surface area is 45.5 Å². The van der Waals surface area contributed by atoms with Crippen LogP contribution in [0.25, 0.3) is 0 Å². The van der Waals surface area contributed by atoms with Gasteiger partial charge in [0.15, 0.2) is 0 Å². The molecule has 0 aromatic rings. The summed E-state index contributed by atoms with van der Waals surface area (Å²) in [7, 11) is -2.16. The molecule has 1 atom stereocenters. The predicted molar refractivity (Wildman–Crippen MR) is 30.1 cm³/mol. The average Bonchev–Trinajstić information content (AvgIpc) is 1.65. The third-order valence-corrected chi connectivity index (χ3v) is 2.04.